The number of aliphatic hydroxyl groups is 1. The predicted octanol–water partition coefficient (Wildman–Crippen LogP) is -2.41. The van der Waals surface area contributed by atoms with Crippen LogP contribution in [0.15, 0.2) is 0 Å². The van der Waals surface area contributed by atoms with Crippen LogP contribution in [0.3, 0.4) is 0 Å². The molecular formula is C12H22N3O4+. The normalized spacial score (nSPS) is 25.5. The number of amides is 3. The van der Waals surface area contributed by atoms with E-state index in [9.17, 15) is 14.7 Å². The number of rotatable bonds is 4. The third-order valence-corrected chi connectivity index (χ3v) is 3.56. The van der Waals surface area contributed by atoms with Gasteiger partial charge in [-0.15, -0.1) is 0 Å². The van der Waals surface area contributed by atoms with Crippen molar-refractivity contribution in [2.75, 3.05) is 39.4 Å². The maximum absolute atomic E-state index is 12.0. The summed E-state index contributed by atoms with van der Waals surface area (Å²) in [7, 11) is 0. The van der Waals surface area contributed by atoms with Gasteiger partial charge in [-0.1, -0.05) is 0 Å². The summed E-state index contributed by atoms with van der Waals surface area (Å²) in [5.41, 5.74) is -0.872. The Balaban J connectivity index is 1.86. The summed E-state index contributed by atoms with van der Waals surface area (Å²) in [4.78, 5) is 26.0. The maximum atomic E-state index is 12.0. The number of carbonyl (C=O) groups is 2. The number of urea groups is 1. The molecule has 3 N–H and O–H groups in total. The van der Waals surface area contributed by atoms with Crippen molar-refractivity contribution in [2.45, 2.75) is 25.5 Å². The van der Waals surface area contributed by atoms with E-state index < -0.39 is 17.7 Å². The highest BCUT2D eigenvalue weighted by Crippen LogP contribution is 2.16. The van der Waals surface area contributed by atoms with Crippen LogP contribution >= 0.6 is 0 Å². The third-order valence-electron chi connectivity index (χ3n) is 3.56. The van der Waals surface area contributed by atoms with Gasteiger partial charge >= 0.3 is 6.03 Å². The van der Waals surface area contributed by atoms with E-state index in [-0.39, 0.29) is 12.5 Å². The van der Waals surface area contributed by atoms with Gasteiger partial charge in [-0.3, -0.25) is 9.69 Å². The van der Waals surface area contributed by atoms with E-state index in [0.29, 0.717) is 19.8 Å². The SMILES string of the molecule is CC1(C)NC(=O)N(C[C@H](O)C[NH+]2CCOCC2)C1=O. The van der Waals surface area contributed by atoms with Crippen molar-refractivity contribution in [1.82, 2.24) is 10.2 Å². The molecule has 2 aliphatic rings. The van der Waals surface area contributed by atoms with Crippen LogP contribution in [0.5, 0.6) is 0 Å². The molecule has 2 heterocycles. The van der Waals surface area contributed by atoms with Crippen molar-refractivity contribution in [2.24, 2.45) is 0 Å². The Labute approximate surface area is 112 Å². The molecule has 0 saturated carbocycles. The first-order valence-corrected chi connectivity index (χ1v) is 6.63. The van der Waals surface area contributed by atoms with Gasteiger partial charge in [-0.2, -0.15) is 0 Å². The molecule has 0 spiro atoms. The Morgan fingerprint density at radius 1 is 1.42 bits per heavy atom. The summed E-state index contributed by atoms with van der Waals surface area (Å²) in [6, 6.07) is -0.425. The van der Waals surface area contributed by atoms with Crippen LogP contribution in [-0.2, 0) is 9.53 Å². The second-order valence-electron chi connectivity index (χ2n) is 5.69. The lowest BCUT2D eigenvalue weighted by Crippen LogP contribution is -3.15. The van der Waals surface area contributed by atoms with Gasteiger partial charge in [0.25, 0.3) is 5.91 Å². The third kappa shape index (κ3) is 3.23. The first-order valence-electron chi connectivity index (χ1n) is 6.63. The summed E-state index contributed by atoms with van der Waals surface area (Å²) in [5.74, 6) is -0.284. The molecule has 2 rings (SSSR count). The van der Waals surface area contributed by atoms with Crippen molar-refractivity contribution in [3.8, 4) is 0 Å². The standard InChI is InChI=1S/C12H21N3O4/c1-12(2)10(17)15(11(18)13-12)8-9(16)7-14-3-5-19-6-4-14/h9,16H,3-8H2,1-2H3,(H,13,18)/p+1/t9-/m1/s1. The number of carbonyl (C=O) groups excluding carboxylic acids is 2. The smallest absolute Gasteiger partial charge is 0.325 e. The van der Waals surface area contributed by atoms with E-state index in [0.717, 1.165) is 18.0 Å². The maximum Gasteiger partial charge on any atom is 0.325 e. The second kappa shape index (κ2) is 5.44. The Hall–Kier alpha value is -1.18. The molecule has 2 saturated heterocycles. The number of quaternary nitrogens is 1. The van der Waals surface area contributed by atoms with Gasteiger partial charge in [0.15, 0.2) is 0 Å². The second-order valence-corrected chi connectivity index (χ2v) is 5.69. The van der Waals surface area contributed by atoms with Crippen molar-refractivity contribution in [3.63, 3.8) is 0 Å². The lowest BCUT2D eigenvalue weighted by molar-refractivity contribution is -0.910. The number of morpholine rings is 1. The molecule has 0 aromatic heterocycles. The molecule has 2 fully saturated rings. The van der Waals surface area contributed by atoms with E-state index in [1.54, 1.807) is 13.8 Å². The largest absolute Gasteiger partial charge is 0.385 e. The molecule has 0 unspecified atom stereocenters. The summed E-state index contributed by atoms with van der Waals surface area (Å²) >= 11 is 0. The molecule has 19 heavy (non-hydrogen) atoms. The van der Waals surface area contributed by atoms with Crippen molar-refractivity contribution < 1.29 is 24.3 Å². The fourth-order valence-electron chi connectivity index (χ4n) is 2.46. The highest BCUT2D eigenvalue weighted by molar-refractivity contribution is 6.06. The molecule has 3 amide bonds. The number of hydrogen-bond acceptors (Lipinski definition) is 4. The zero-order valence-electron chi connectivity index (χ0n) is 11.4. The fraction of sp³-hybridized carbons (Fsp3) is 0.833. The average molecular weight is 272 g/mol. The summed E-state index contributed by atoms with van der Waals surface area (Å²) in [6.45, 7) is 6.99. The summed E-state index contributed by atoms with van der Waals surface area (Å²) in [5, 5.41) is 12.6. The van der Waals surface area contributed by atoms with Crippen LogP contribution in [-0.4, -0.2) is 73.0 Å². The molecule has 0 aromatic rings. The Kier molecular flexibility index (Phi) is 4.07. The molecule has 0 aliphatic carbocycles. The van der Waals surface area contributed by atoms with Gasteiger partial charge in [0.2, 0.25) is 0 Å². The van der Waals surface area contributed by atoms with Crippen molar-refractivity contribution in [3.05, 3.63) is 0 Å². The highest BCUT2D eigenvalue weighted by Gasteiger charge is 2.44. The topological polar surface area (TPSA) is 83.3 Å². The Morgan fingerprint density at radius 2 is 2.05 bits per heavy atom. The minimum absolute atomic E-state index is 0.0540. The number of hydrogen-bond donors (Lipinski definition) is 3. The van der Waals surface area contributed by atoms with E-state index >= 15 is 0 Å². The molecular weight excluding hydrogens is 250 g/mol. The van der Waals surface area contributed by atoms with Gasteiger partial charge in [0, 0.05) is 0 Å². The van der Waals surface area contributed by atoms with Gasteiger partial charge in [-0.25, -0.2) is 4.79 Å². The molecule has 1 atom stereocenters. The lowest BCUT2D eigenvalue weighted by Gasteiger charge is -2.27. The van der Waals surface area contributed by atoms with E-state index in [1.807, 2.05) is 0 Å². The molecule has 7 nitrogen and oxygen atoms in total. The highest BCUT2D eigenvalue weighted by atomic mass is 16.5. The summed E-state index contributed by atoms with van der Waals surface area (Å²) in [6.07, 6.45) is -0.698. The zero-order chi connectivity index (χ0) is 14.0. The Morgan fingerprint density at radius 3 is 2.58 bits per heavy atom. The predicted molar refractivity (Wildman–Crippen MR) is 66.7 cm³/mol. The Bertz CT molecular complexity index is 366. The minimum atomic E-state index is -0.872. The van der Waals surface area contributed by atoms with Crippen LogP contribution in [0.2, 0.25) is 0 Å². The fourth-order valence-corrected chi connectivity index (χ4v) is 2.46. The molecule has 7 heteroatoms. The molecule has 0 aromatic carbocycles. The van der Waals surface area contributed by atoms with Crippen molar-refractivity contribution >= 4 is 11.9 Å². The first kappa shape index (κ1) is 14.2. The van der Waals surface area contributed by atoms with Crippen LogP contribution in [0.4, 0.5) is 4.79 Å². The molecule has 2 aliphatic heterocycles. The van der Waals surface area contributed by atoms with E-state index in [2.05, 4.69) is 5.32 Å². The van der Waals surface area contributed by atoms with E-state index in [1.165, 1.54) is 4.90 Å². The van der Waals surface area contributed by atoms with Crippen molar-refractivity contribution in [1.29, 1.82) is 0 Å². The number of ether oxygens (including phenoxy) is 1. The van der Waals surface area contributed by atoms with Crippen LogP contribution in [0.1, 0.15) is 13.8 Å². The zero-order valence-corrected chi connectivity index (χ0v) is 11.4. The summed E-state index contributed by atoms with van der Waals surface area (Å²) < 4.78 is 5.25. The van der Waals surface area contributed by atoms with Gasteiger partial charge in [-0.05, 0) is 13.8 Å². The number of β-amino-alcohol motifs (C(OH)–C–C–N with tert-alkyl or cyclic N) is 1. The van der Waals surface area contributed by atoms with Crippen LogP contribution in [0, 0.1) is 0 Å². The quantitative estimate of drug-likeness (QED) is 0.498. The minimum Gasteiger partial charge on any atom is -0.385 e. The molecule has 108 valence electrons. The number of aliphatic hydroxyl groups excluding tert-OH is 1. The number of nitrogens with one attached hydrogen (secondary N) is 2. The first-order chi connectivity index (χ1) is 8.90. The monoisotopic (exact) mass is 272 g/mol. The number of nitrogens with zero attached hydrogens (tertiary/aromatic N) is 1. The lowest BCUT2D eigenvalue weighted by atomic mass is 10.1. The van der Waals surface area contributed by atoms with Gasteiger partial charge in [0.1, 0.15) is 31.3 Å². The van der Waals surface area contributed by atoms with Crippen LogP contribution in [0.25, 0.3) is 0 Å². The van der Waals surface area contributed by atoms with Gasteiger partial charge < -0.3 is 20.1 Å². The molecule has 0 radical (unpaired) electrons. The average Bonchev–Trinajstić information content (AvgIpc) is 2.53. The molecule has 0 bridgehead atoms. The van der Waals surface area contributed by atoms with E-state index in [4.69, 9.17) is 4.74 Å². The van der Waals surface area contributed by atoms with Gasteiger partial charge in [0.05, 0.1) is 19.8 Å². The van der Waals surface area contributed by atoms with Crippen LogP contribution < -0.4 is 10.2 Å². The number of imide groups is 1.